The molecule has 1 amide bonds. The summed E-state index contributed by atoms with van der Waals surface area (Å²) in [5.74, 6) is 0.707. The summed E-state index contributed by atoms with van der Waals surface area (Å²) < 4.78 is 5.54. The van der Waals surface area contributed by atoms with Crippen molar-refractivity contribution in [3.63, 3.8) is 0 Å². The van der Waals surface area contributed by atoms with Gasteiger partial charge in [0.2, 0.25) is 11.9 Å². The van der Waals surface area contributed by atoms with Gasteiger partial charge in [0.25, 0.3) is 0 Å². The van der Waals surface area contributed by atoms with E-state index in [1.165, 1.54) is 5.69 Å². The van der Waals surface area contributed by atoms with Crippen molar-refractivity contribution >= 4 is 40.3 Å². The number of primary amides is 1. The molecular weight excluding hydrogens is 492 g/mol. The van der Waals surface area contributed by atoms with Crippen molar-refractivity contribution < 1.29 is 9.53 Å². The molecule has 0 saturated carbocycles. The Hall–Kier alpha value is -4.15. The molecule has 0 bridgehead atoms. The van der Waals surface area contributed by atoms with Gasteiger partial charge in [-0.2, -0.15) is 4.98 Å². The Balaban J connectivity index is 1.32. The van der Waals surface area contributed by atoms with E-state index >= 15 is 0 Å². The summed E-state index contributed by atoms with van der Waals surface area (Å²) in [6, 6.07) is 16.0. The number of aromatic nitrogens is 2. The zero-order chi connectivity index (χ0) is 27.2. The number of morpholine rings is 1. The van der Waals surface area contributed by atoms with Crippen molar-refractivity contribution in [3.8, 4) is 0 Å². The van der Waals surface area contributed by atoms with Crippen LogP contribution < -0.4 is 26.2 Å². The Morgan fingerprint density at radius 1 is 1.03 bits per heavy atom. The fourth-order valence-electron chi connectivity index (χ4n) is 4.75. The highest BCUT2D eigenvalue weighted by molar-refractivity contribution is 6.17. The van der Waals surface area contributed by atoms with Gasteiger partial charge in [-0.3, -0.25) is 4.79 Å². The molecule has 10 heteroatoms. The lowest BCUT2D eigenvalue weighted by atomic mass is 10.0. The van der Waals surface area contributed by atoms with Crippen LogP contribution in [0.15, 0.2) is 61.3 Å². The second kappa shape index (κ2) is 12.1. The van der Waals surface area contributed by atoms with Crippen molar-refractivity contribution in [1.82, 2.24) is 14.9 Å². The minimum absolute atomic E-state index is 0.290. The molecule has 2 fully saturated rings. The van der Waals surface area contributed by atoms with Crippen molar-refractivity contribution in [2.75, 3.05) is 80.0 Å². The van der Waals surface area contributed by atoms with Crippen LogP contribution >= 0.6 is 0 Å². The maximum absolute atomic E-state index is 11.6. The number of carbonyl (C=O) groups is 1. The van der Waals surface area contributed by atoms with Crippen LogP contribution in [0.3, 0.4) is 0 Å². The van der Waals surface area contributed by atoms with Crippen LogP contribution in [0.5, 0.6) is 0 Å². The zero-order valence-electron chi connectivity index (χ0n) is 22.4. The second-order valence-corrected chi connectivity index (χ2v) is 9.89. The number of hydrogen-bond donors (Lipinski definition) is 3. The first-order valence-electron chi connectivity index (χ1n) is 13.3. The largest absolute Gasteiger partial charge is 0.378 e. The number of piperazine rings is 1. The summed E-state index contributed by atoms with van der Waals surface area (Å²) >= 11 is 0. The van der Waals surface area contributed by atoms with Gasteiger partial charge in [-0.1, -0.05) is 24.8 Å². The molecule has 2 aliphatic heterocycles. The number of anilines is 5. The normalized spacial score (nSPS) is 16.1. The van der Waals surface area contributed by atoms with E-state index in [4.69, 9.17) is 15.5 Å². The van der Waals surface area contributed by atoms with Gasteiger partial charge in [-0.05, 0) is 48.5 Å². The average Bonchev–Trinajstić information content (AvgIpc) is 2.97. The fourth-order valence-corrected chi connectivity index (χ4v) is 4.75. The molecule has 2 aliphatic rings. The highest BCUT2D eigenvalue weighted by Gasteiger charge is 2.18. The maximum Gasteiger partial charge on any atom is 0.248 e. The molecule has 2 saturated heterocycles. The lowest BCUT2D eigenvalue weighted by molar-refractivity contribution is -0.112. The van der Waals surface area contributed by atoms with Crippen LogP contribution in [-0.2, 0) is 16.1 Å². The maximum atomic E-state index is 11.6. The van der Waals surface area contributed by atoms with Crippen LogP contribution in [-0.4, -0.2) is 80.3 Å². The van der Waals surface area contributed by atoms with Gasteiger partial charge >= 0.3 is 0 Å². The molecule has 2 aromatic carbocycles. The van der Waals surface area contributed by atoms with Crippen LogP contribution in [0.1, 0.15) is 11.1 Å². The van der Waals surface area contributed by atoms with E-state index in [-0.39, 0.29) is 5.57 Å². The minimum atomic E-state index is -0.530. The summed E-state index contributed by atoms with van der Waals surface area (Å²) in [6.07, 6.45) is 1.85. The van der Waals surface area contributed by atoms with Crippen LogP contribution in [0.2, 0.25) is 0 Å². The number of likely N-dealkylation sites (N-methyl/N-ethyl adjacent to an activating group) is 1. The fraction of sp³-hybridized carbons (Fsp3) is 0.345. The van der Waals surface area contributed by atoms with Crippen molar-refractivity contribution in [2.24, 2.45) is 5.73 Å². The van der Waals surface area contributed by atoms with E-state index in [2.05, 4.69) is 68.2 Å². The van der Waals surface area contributed by atoms with Gasteiger partial charge in [0, 0.05) is 62.8 Å². The predicted molar refractivity (Wildman–Crippen MR) is 156 cm³/mol. The monoisotopic (exact) mass is 528 g/mol. The summed E-state index contributed by atoms with van der Waals surface area (Å²) in [4.78, 5) is 28.0. The van der Waals surface area contributed by atoms with E-state index in [1.54, 1.807) is 0 Å². The number of rotatable bonds is 9. The van der Waals surface area contributed by atoms with Gasteiger partial charge in [0.1, 0.15) is 0 Å². The number of carbonyl (C=O) groups excluding carboxylic acids is 1. The van der Waals surface area contributed by atoms with E-state index in [1.807, 2.05) is 30.5 Å². The first-order chi connectivity index (χ1) is 19.0. The zero-order valence-corrected chi connectivity index (χ0v) is 22.4. The summed E-state index contributed by atoms with van der Waals surface area (Å²) in [5.41, 5.74) is 10.5. The lowest BCUT2D eigenvalue weighted by Gasteiger charge is -2.34. The van der Waals surface area contributed by atoms with Crippen LogP contribution in [0, 0.1) is 0 Å². The molecule has 3 aromatic rings. The number of nitrogens with two attached hydrogens (primary N) is 1. The van der Waals surface area contributed by atoms with E-state index in [0.29, 0.717) is 31.3 Å². The number of nitrogens with zero attached hydrogens (tertiary/aromatic N) is 5. The predicted octanol–water partition coefficient (Wildman–Crippen LogP) is 2.92. The molecule has 39 heavy (non-hydrogen) atoms. The SMILES string of the molecule is C=C(C(N)=O)c1cccc(CNc2nc(Nc3ccc(N4CCN(C)CC4)cc3)ncc2N2CCOCC2)c1. The van der Waals surface area contributed by atoms with Crippen molar-refractivity contribution in [3.05, 3.63) is 72.4 Å². The highest BCUT2D eigenvalue weighted by atomic mass is 16.5. The Labute approximate surface area is 229 Å². The van der Waals surface area contributed by atoms with Crippen molar-refractivity contribution in [2.45, 2.75) is 6.54 Å². The van der Waals surface area contributed by atoms with Crippen LogP contribution in [0.4, 0.5) is 28.8 Å². The van der Waals surface area contributed by atoms with E-state index in [9.17, 15) is 4.79 Å². The Kier molecular flexibility index (Phi) is 8.24. The Bertz CT molecular complexity index is 1300. The molecule has 1 aromatic heterocycles. The summed E-state index contributed by atoms with van der Waals surface area (Å²) in [5, 5.41) is 6.83. The topological polar surface area (TPSA) is 112 Å². The molecule has 0 atom stereocenters. The Morgan fingerprint density at radius 3 is 2.49 bits per heavy atom. The molecule has 0 spiro atoms. The first kappa shape index (κ1) is 26.5. The van der Waals surface area contributed by atoms with Crippen LogP contribution in [0.25, 0.3) is 5.57 Å². The Morgan fingerprint density at radius 2 is 1.77 bits per heavy atom. The molecule has 3 heterocycles. The summed E-state index contributed by atoms with van der Waals surface area (Å²) in [7, 11) is 2.16. The van der Waals surface area contributed by atoms with Gasteiger partial charge in [0.15, 0.2) is 5.82 Å². The number of nitrogens with one attached hydrogen (secondary N) is 2. The summed E-state index contributed by atoms with van der Waals surface area (Å²) in [6.45, 7) is 11.4. The standard InChI is InChI=1S/C29H36N8O2/c1-21(27(30)38)23-5-3-4-22(18-23)19-31-28-26(37-14-16-39-17-15-37)20-32-29(34-28)33-24-6-8-25(9-7-24)36-12-10-35(2)11-13-36/h3-9,18,20H,1,10-17,19H2,2H3,(H2,30,38)(H2,31,32,33,34). The molecular formula is C29H36N8O2. The molecule has 204 valence electrons. The van der Waals surface area contributed by atoms with E-state index in [0.717, 1.165) is 62.0 Å². The highest BCUT2D eigenvalue weighted by Crippen LogP contribution is 2.28. The van der Waals surface area contributed by atoms with Gasteiger partial charge < -0.3 is 35.8 Å². The third-order valence-corrected chi connectivity index (χ3v) is 7.15. The van der Waals surface area contributed by atoms with Gasteiger partial charge in [0.05, 0.1) is 25.1 Å². The van der Waals surface area contributed by atoms with Gasteiger partial charge in [-0.25, -0.2) is 4.98 Å². The molecule has 0 unspecified atom stereocenters. The molecule has 5 rings (SSSR count). The third kappa shape index (κ3) is 6.65. The smallest absolute Gasteiger partial charge is 0.248 e. The molecule has 10 nitrogen and oxygen atoms in total. The number of benzene rings is 2. The minimum Gasteiger partial charge on any atom is -0.378 e. The third-order valence-electron chi connectivity index (χ3n) is 7.15. The van der Waals surface area contributed by atoms with Gasteiger partial charge in [-0.15, -0.1) is 0 Å². The first-order valence-corrected chi connectivity index (χ1v) is 13.3. The number of amides is 1. The lowest BCUT2D eigenvalue weighted by Crippen LogP contribution is -2.44. The quantitative estimate of drug-likeness (QED) is 0.361. The van der Waals surface area contributed by atoms with E-state index < -0.39 is 5.91 Å². The average molecular weight is 529 g/mol. The molecule has 0 radical (unpaired) electrons. The molecule has 4 N–H and O–H groups in total. The number of ether oxygens (including phenoxy) is 1. The van der Waals surface area contributed by atoms with Crippen molar-refractivity contribution in [1.29, 1.82) is 0 Å². The second-order valence-electron chi connectivity index (χ2n) is 9.89. The molecule has 0 aliphatic carbocycles. The number of hydrogen-bond acceptors (Lipinski definition) is 9.